The molecule has 0 radical (unpaired) electrons. The molecule has 0 saturated carbocycles. The highest BCUT2D eigenvalue weighted by Gasteiger charge is 2.25. The van der Waals surface area contributed by atoms with Gasteiger partial charge < -0.3 is 19.9 Å². The van der Waals surface area contributed by atoms with Crippen LogP contribution in [-0.2, 0) is 4.79 Å². The van der Waals surface area contributed by atoms with Crippen LogP contribution in [0.2, 0.25) is 0 Å². The number of likely N-dealkylation sites (N-methyl/N-ethyl adjacent to an activating group) is 1. The zero-order valence-corrected chi connectivity index (χ0v) is 16.9. The first-order chi connectivity index (χ1) is 14.4. The van der Waals surface area contributed by atoms with Crippen molar-refractivity contribution in [3.63, 3.8) is 0 Å². The number of nitro groups is 1. The van der Waals surface area contributed by atoms with Crippen molar-refractivity contribution in [3.05, 3.63) is 64.2 Å². The second-order valence-electron chi connectivity index (χ2n) is 7.12. The second kappa shape index (κ2) is 9.36. The molecular formula is C21H24N4O5. The number of nitrogens with one attached hydrogen (secondary N) is 1. The first kappa shape index (κ1) is 21.3. The fourth-order valence-electron chi connectivity index (χ4n) is 3.14. The number of hydrogen-bond acceptors (Lipinski definition) is 6. The first-order valence-electron chi connectivity index (χ1n) is 9.64. The van der Waals surface area contributed by atoms with Crippen LogP contribution in [-0.4, -0.2) is 65.9 Å². The zero-order chi connectivity index (χ0) is 21.7. The molecule has 2 amide bonds. The van der Waals surface area contributed by atoms with Crippen molar-refractivity contribution in [1.29, 1.82) is 0 Å². The minimum Gasteiger partial charge on any atom is -0.474 e. The minimum absolute atomic E-state index is 0.00643. The maximum absolute atomic E-state index is 12.9. The van der Waals surface area contributed by atoms with Gasteiger partial charge in [0, 0.05) is 32.2 Å². The van der Waals surface area contributed by atoms with Gasteiger partial charge in [-0.2, -0.15) is 0 Å². The Labute approximate surface area is 174 Å². The Morgan fingerprint density at radius 2 is 1.70 bits per heavy atom. The number of amides is 2. The lowest BCUT2D eigenvalue weighted by Crippen LogP contribution is -2.47. The van der Waals surface area contributed by atoms with E-state index in [4.69, 9.17) is 4.74 Å². The number of nitro benzene ring substituents is 1. The fourth-order valence-corrected chi connectivity index (χ4v) is 3.14. The summed E-state index contributed by atoms with van der Waals surface area (Å²) >= 11 is 0. The van der Waals surface area contributed by atoms with E-state index in [0.717, 1.165) is 13.1 Å². The molecule has 0 bridgehead atoms. The Bertz CT molecular complexity index is 940. The molecule has 30 heavy (non-hydrogen) atoms. The topological polar surface area (TPSA) is 105 Å². The number of anilines is 1. The Kier molecular flexibility index (Phi) is 6.63. The summed E-state index contributed by atoms with van der Waals surface area (Å²) in [6.07, 6.45) is -1.00. The van der Waals surface area contributed by atoms with Crippen LogP contribution in [0.15, 0.2) is 48.5 Å². The summed E-state index contributed by atoms with van der Waals surface area (Å²) in [5.41, 5.74) is 0.556. The van der Waals surface area contributed by atoms with Gasteiger partial charge in [0.2, 0.25) is 0 Å². The van der Waals surface area contributed by atoms with E-state index in [0.29, 0.717) is 24.3 Å². The molecule has 1 N–H and O–H groups in total. The van der Waals surface area contributed by atoms with Crippen LogP contribution in [0.4, 0.5) is 11.4 Å². The van der Waals surface area contributed by atoms with Crippen molar-refractivity contribution in [2.45, 2.75) is 13.0 Å². The summed E-state index contributed by atoms with van der Waals surface area (Å²) in [6, 6.07) is 12.7. The molecule has 1 aliphatic rings. The van der Waals surface area contributed by atoms with Crippen molar-refractivity contribution >= 4 is 23.2 Å². The van der Waals surface area contributed by atoms with E-state index in [2.05, 4.69) is 10.2 Å². The van der Waals surface area contributed by atoms with Gasteiger partial charge >= 0.3 is 5.69 Å². The third-order valence-corrected chi connectivity index (χ3v) is 4.94. The smallest absolute Gasteiger partial charge is 0.310 e. The standard InChI is InChI=1S/C21H24N4O5/c1-15(30-19-10-6-5-9-18(19)25(28)29)20(26)22-17-8-4-3-7-16(17)21(27)24-13-11-23(2)12-14-24/h3-10,15H,11-14H2,1-2H3,(H,22,26)/t15-/m0/s1. The lowest BCUT2D eigenvalue weighted by molar-refractivity contribution is -0.386. The van der Waals surface area contributed by atoms with Gasteiger partial charge in [-0.1, -0.05) is 24.3 Å². The number of carbonyl (C=O) groups excluding carboxylic acids is 2. The summed E-state index contributed by atoms with van der Waals surface area (Å²) in [5.74, 6) is -0.648. The molecule has 9 nitrogen and oxygen atoms in total. The van der Waals surface area contributed by atoms with Gasteiger partial charge in [-0.05, 0) is 32.2 Å². The molecule has 3 rings (SSSR count). The summed E-state index contributed by atoms with van der Waals surface area (Å²) in [7, 11) is 2.01. The molecule has 1 aliphatic heterocycles. The Balaban J connectivity index is 1.71. The van der Waals surface area contributed by atoms with Crippen LogP contribution >= 0.6 is 0 Å². The van der Waals surface area contributed by atoms with Gasteiger partial charge in [0.1, 0.15) is 0 Å². The van der Waals surface area contributed by atoms with Gasteiger partial charge in [0.15, 0.2) is 11.9 Å². The van der Waals surface area contributed by atoms with Crippen molar-refractivity contribution in [1.82, 2.24) is 9.80 Å². The van der Waals surface area contributed by atoms with Crippen LogP contribution in [0, 0.1) is 10.1 Å². The van der Waals surface area contributed by atoms with Crippen LogP contribution in [0.1, 0.15) is 17.3 Å². The highest BCUT2D eigenvalue weighted by molar-refractivity contribution is 6.04. The average molecular weight is 412 g/mol. The van der Waals surface area contributed by atoms with E-state index in [1.54, 1.807) is 35.2 Å². The predicted octanol–water partition coefficient (Wildman–Crippen LogP) is 2.39. The molecule has 0 spiro atoms. The van der Waals surface area contributed by atoms with E-state index in [-0.39, 0.29) is 17.3 Å². The number of nitrogens with zero attached hydrogens (tertiary/aromatic N) is 3. The molecule has 1 heterocycles. The number of para-hydroxylation sites is 3. The first-order valence-corrected chi connectivity index (χ1v) is 9.64. The Morgan fingerprint density at radius 3 is 2.40 bits per heavy atom. The number of ether oxygens (including phenoxy) is 1. The molecule has 0 aromatic heterocycles. The highest BCUT2D eigenvalue weighted by Crippen LogP contribution is 2.27. The minimum atomic E-state index is -1.00. The molecule has 0 unspecified atom stereocenters. The molecule has 2 aromatic rings. The largest absolute Gasteiger partial charge is 0.474 e. The van der Waals surface area contributed by atoms with Crippen molar-refractivity contribution in [3.8, 4) is 5.75 Å². The maximum atomic E-state index is 12.9. The van der Waals surface area contributed by atoms with Crippen molar-refractivity contribution in [2.24, 2.45) is 0 Å². The molecule has 158 valence electrons. The van der Waals surface area contributed by atoms with Gasteiger partial charge in [-0.15, -0.1) is 0 Å². The molecule has 9 heteroatoms. The predicted molar refractivity (Wildman–Crippen MR) is 112 cm³/mol. The third-order valence-electron chi connectivity index (χ3n) is 4.94. The number of benzene rings is 2. The van der Waals surface area contributed by atoms with E-state index >= 15 is 0 Å². The SMILES string of the molecule is C[C@H](Oc1ccccc1[N+](=O)[O-])C(=O)Nc1ccccc1C(=O)N1CCN(C)CC1. The van der Waals surface area contributed by atoms with Crippen molar-refractivity contribution < 1.29 is 19.2 Å². The number of rotatable bonds is 6. The van der Waals surface area contributed by atoms with Crippen LogP contribution in [0.25, 0.3) is 0 Å². The van der Waals surface area contributed by atoms with Gasteiger partial charge in [0.05, 0.1) is 16.2 Å². The summed E-state index contributed by atoms with van der Waals surface area (Å²) in [5, 5.41) is 13.9. The van der Waals surface area contributed by atoms with E-state index in [1.807, 2.05) is 7.05 Å². The zero-order valence-electron chi connectivity index (χ0n) is 16.9. The number of hydrogen-bond donors (Lipinski definition) is 1. The fraction of sp³-hybridized carbons (Fsp3) is 0.333. The molecular weight excluding hydrogens is 388 g/mol. The lowest BCUT2D eigenvalue weighted by Gasteiger charge is -2.32. The van der Waals surface area contributed by atoms with Crippen molar-refractivity contribution in [2.75, 3.05) is 38.5 Å². The lowest BCUT2D eigenvalue weighted by atomic mass is 10.1. The van der Waals surface area contributed by atoms with Crippen LogP contribution < -0.4 is 10.1 Å². The van der Waals surface area contributed by atoms with Crippen LogP contribution in [0.5, 0.6) is 5.75 Å². The molecule has 1 atom stereocenters. The molecule has 1 saturated heterocycles. The third kappa shape index (κ3) is 4.93. The van der Waals surface area contributed by atoms with Crippen LogP contribution in [0.3, 0.4) is 0 Å². The van der Waals surface area contributed by atoms with Gasteiger partial charge in [0.25, 0.3) is 11.8 Å². The number of piperazine rings is 1. The summed E-state index contributed by atoms with van der Waals surface area (Å²) in [6.45, 7) is 4.32. The maximum Gasteiger partial charge on any atom is 0.310 e. The van der Waals surface area contributed by atoms with Gasteiger partial charge in [-0.25, -0.2) is 0 Å². The highest BCUT2D eigenvalue weighted by atomic mass is 16.6. The van der Waals surface area contributed by atoms with E-state index in [9.17, 15) is 19.7 Å². The van der Waals surface area contributed by atoms with E-state index < -0.39 is 16.9 Å². The monoisotopic (exact) mass is 412 g/mol. The van der Waals surface area contributed by atoms with Gasteiger partial charge in [-0.3, -0.25) is 19.7 Å². The number of carbonyl (C=O) groups is 2. The normalized spacial score (nSPS) is 15.3. The summed E-state index contributed by atoms with van der Waals surface area (Å²) in [4.78, 5) is 40.1. The molecule has 0 aliphatic carbocycles. The molecule has 1 fully saturated rings. The summed E-state index contributed by atoms with van der Waals surface area (Å²) < 4.78 is 5.51. The Hall–Kier alpha value is -3.46. The second-order valence-corrected chi connectivity index (χ2v) is 7.12. The van der Waals surface area contributed by atoms with E-state index in [1.165, 1.54) is 25.1 Å². The molecule has 2 aromatic carbocycles. The quantitative estimate of drug-likeness (QED) is 0.577. The Morgan fingerprint density at radius 1 is 1.07 bits per heavy atom. The average Bonchev–Trinajstić information content (AvgIpc) is 2.74.